The molecule has 0 fully saturated rings. The van der Waals surface area contributed by atoms with E-state index in [1.165, 1.54) is 43.8 Å². The van der Waals surface area contributed by atoms with Crippen LogP contribution < -0.4 is 20.2 Å². The van der Waals surface area contributed by atoms with E-state index in [1.54, 1.807) is 32.9 Å². The fourth-order valence-corrected chi connectivity index (χ4v) is 4.77. The maximum absolute atomic E-state index is 15.2. The number of rotatable bonds is 6. The van der Waals surface area contributed by atoms with Crippen molar-refractivity contribution in [2.75, 3.05) is 12.4 Å². The molecule has 1 amide bonds. The van der Waals surface area contributed by atoms with Crippen molar-refractivity contribution in [2.24, 2.45) is 0 Å². The number of aromatic nitrogens is 3. The average molecular weight is 577 g/mol. The number of methoxy groups -OCH3 is 1. The van der Waals surface area contributed by atoms with Gasteiger partial charge in [0.2, 0.25) is 5.43 Å². The second-order valence-corrected chi connectivity index (χ2v) is 9.69. The molecule has 0 atom stereocenters. The van der Waals surface area contributed by atoms with Crippen molar-refractivity contribution >= 4 is 34.2 Å². The monoisotopic (exact) mass is 576 g/mol. The van der Waals surface area contributed by atoms with E-state index in [1.807, 2.05) is 0 Å². The van der Waals surface area contributed by atoms with Crippen molar-refractivity contribution < 1.29 is 23.0 Å². The lowest BCUT2D eigenvalue weighted by Crippen LogP contribution is -2.26. The molecule has 0 saturated heterocycles. The van der Waals surface area contributed by atoms with E-state index in [0.717, 1.165) is 6.07 Å². The third-order valence-corrected chi connectivity index (χ3v) is 6.80. The molecule has 0 radical (unpaired) electrons. The van der Waals surface area contributed by atoms with Crippen LogP contribution in [0.5, 0.6) is 17.2 Å². The standard InChI is InChI=1S/C30H23ClF2N4O4/c1-14-9-17(32)5-6-19(14)26-15(2)36-16(3)27(29(26)38)30(39)37-22-11-20(31)25(12-21(22)33)41-24-7-8-34-23-10-18(40-4)13-35-28(23)24/h5-13H,1-4H3,(H,36,38)(H,37,39). The zero-order valence-corrected chi connectivity index (χ0v) is 23.1. The highest BCUT2D eigenvalue weighted by Crippen LogP contribution is 2.36. The van der Waals surface area contributed by atoms with Crippen molar-refractivity contribution in [3.63, 3.8) is 0 Å². The maximum atomic E-state index is 15.2. The molecule has 0 aliphatic rings. The summed E-state index contributed by atoms with van der Waals surface area (Å²) in [6.07, 6.45) is 3.00. The van der Waals surface area contributed by atoms with Crippen molar-refractivity contribution in [3.05, 3.63) is 104 Å². The summed E-state index contributed by atoms with van der Waals surface area (Å²) >= 11 is 6.40. The molecule has 3 heterocycles. The van der Waals surface area contributed by atoms with Gasteiger partial charge in [-0.05, 0) is 50.1 Å². The van der Waals surface area contributed by atoms with Crippen LogP contribution in [-0.4, -0.2) is 28.0 Å². The first-order chi connectivity index (χ1) is 19.6. The van der Waals surface area contributed by atoms with E-state index in [-0.39, 0.29) is 39.0 Å². The van der Waals surface area contributed by atoms with E-state index in [9.17, 15) is 14.0 Å². The fourth-order valence-electron chi connectivity index (χ4n) is 4.56. The molecule has 5 aromatic rings. The van der Waals surface area contributed by atoms with Gasteiger partial charge in [0.25, 0.3) is 5.91 Å². The Balaban J connectivity index is 1.46. The summed E-state index contributed by atoms with van der Waals surface area (Å²) in [5, 5.41) is 2.43. The number of fused-ring (bicyclic) bond motifs is 1. The minimum absolute atomic E-state index is 0.00247. The Kier molecular flexibility index (Phi) is 7.42. The third kappa shape index (κ3) is 5.33. The second kappa shape index (κ2) is 11.0. The maximum Gasteiger partial charge on any atom is 0.261 e. The molecule has 0 aliphatic heterocycles. The SMILES string of the molecule is COc1cnc2c(Oc3cc(F)c(NC(=O)c4c(C)[nH]c(C)c(-c5ccc(F)cc5C)c4=O)cc3Cl)ccnc2c1. The van der Waals surface area contributed by atoms with Gasteiger partial charge in [-0.2, -0.15) is 0 Å². The number of benzene rings is 2. The summed E-state index contributed by atoms with van der Waals surface area (Å²) in [5.41, 5.74) is 1.87. The highest BCUT2D eigenvalue weighted by Gasteiger charge is 2.23. The van der Waals surface area contributed by atoms with Crippen LogP contribution in [0.1, 0.15) is 27.3 Å². The molecule has 8 nitrogen and oxygen atoms in total. The van der Waals surface area contributed by atoms with Crippen molar-refractivity contribution in [3.8, 4) is 28.4 Å². The number of anilines is 1. The Labute approximate surface area is 238 Å². The zero-order chi connectivity index (χ0) is 29.4. The first-order valence-corrected chi connectivity index (χ1v) is 12.7. The van der Waals surface area contributed by atoms with Crippen LogP contribution in [0.25, 0.3) is 22.2 Å². The lowest BCUT2D eigenvalue weighted by molar-refractivity contribution is 0.102. The number of aryl methyl sites for hydroxylation is 3. The molecule has 3 aromatic heterocycles. The van der Waals surface area contributed by atoms with Gasteiger partial charge in [-0.25, -0.2) is 13.8 Å². The van der Waals surface area contributed by atoms with E-state index >= 15 is 4.39 Å². The van der Waals surface area contributed by atoms with E-state index in [0.29, 0.717) is 33.6 Å². The normalized spacial score (nSPS) is 11.0. The number of pyridine rings is 3. The first-order valence-electron chi connectivity index (χ1n) is 12.3. The van der Waals surface area contributed by atoms with E-state index in [4.69, 9.17) is 21.1 Å². The third-order valence-electron chi connectivity index (χ3n) is 6.50. The Morgan fingerprint density at radius 3 is 2.51 bits per heavy atom. The summed E-state index contributed by atoms with van der Waals surface area (Å²) in [6.45, 7) is 4.91. The van der Waals surface area contributed by atoms with Crippen molar-refractivity contribution in [2.45, 2.75) is 20.8 Å². The molecule has 5 rings (SSSR count). The van der Waals surface area contributed by atoms with Gasteiger partial charge in [0.05, 0.1) is 29.5 Å². The Hall–Kier alpha value is -4.83. The van der Waals surface area contributed by atoms with Gasteiger partial charge >= 0.3 is 0 Å². The minimum atomic E-state index is -0.846. The summed E-state index contributed by atoms with van der Waals surface area (Å²) in [5.74, 6) is -1.37. The molecular weight excluding hydrogens is 554 g/mol. The summed E-state index contributed by atoms with van der Waals surface area (Å²) in [4.78, 5) is 38.3. The number of halogens is 3. The van der Waals surface area contributed by atoms with E-state index in [2.05, 4.69) is 20.3 Å². The van der Waals surface area contributed by atoms with Crippen LogP contribution in [0.15, 0.2) is 59.7 Å². The smallest absolute Gasteiger partial charge is 0.261 e. The van der Waals surface area contributed by atoms with Gasteiger partial charge in [0, 0.05) is 41.3 Å². The van der Waals surface area contributed by atoms with Crippen LogP contribution in [0, 0.1) is 32.4 Å². The predicted molar refractivity (Wildman–Crippen MR) is 152 cm³/mol. The molecule has 0 spiro atoms. The summed E-state index contributed by atoms with van der Waals surface area (Å²) in [7, 11) is 1.51. The number of carbonyl (C=O) groups is 1. The van der Waals surface area contributed by atoms with Gasteiger partial charge in [-0.15, -0.1) is 0 Å². The molecular formula is C30H23ClF2N4O4. The first kappa shape index (κ1) is 27.7. The number of amides is 1. The van der Waals surface area contributed by atoms with Crippen molar-refractivity contribution in [1.82, 2.24) is 15.0 Å². The van der Waals surface area contributed by atoms with Crippen LogP contribution in [0.2, 0.25) is 5.02 Å². The quantitative estimate of drug-likeness (QED) is 0.228. The fraction of sp³-hybridized carbons (Fsp3) is 0.133. The molecule has 41 heavy (non-hydrogen) atoms. The van der Waals surface area contributed by atoms with Crippen LogP contribution in [0.4, 0.5) is 14.5 Å². The zero-order valence-electron chi connectivity index (χ0n) is 22.4. The molecule has 0 aliphatic carbocycles. The van der Waals surface area contributed by atoms with Gasteiger partial charge in [0.15, 0.2) is 11.6 Å². The highest BCUT2D eigenvalue weighted by molar-refractivity contribution is 6.32. The minimum Gasteiger partial charge on any atom is -0.495 e. The molecule has 0 bridgehead atoms. The lowest BCUT2D eigenvalue weighted by Gasteiger charge is -2.15. The topological polar surface area (TPSA) is 106 Å². The van der Waals surface area contributed by atoms with Crippen LogP contribution in [0.3, 0.4) is 0 Å². The number of hydrogen-bond acceptors (Lipinski definition) is 6. The van der Waals surface area contributed by atoms with E-state index < -0.39 is 23.0 Å². The Morgan fingerprint density at radius 2 is 1.78 bits per heavy atom. The molecule has 208 valence electrons. The molecule has 0 unspecified atom stereocenters. The van der Waals surface area contributed by atoms with Gasteiger partial charge in [-0.1, -0.05) is 17.7 Å². The number of aromatic amines is 1. The van der Waals surface area contributed by atoms with Crippen LogP contribution >= 0.6 is 11.6 Å². The number of H-pyrrole nitrogens is 1. The number of ether oxygens (including phenoxy) is 2. The second-order valence-electron chi connectivity index (χ2n) is 9.28. The largest absolute Gasteiger partial charge is 0.495 e. The molecule has 0 saturated carbocycles. The van der Waals surface area contributed by atoms with Crippen LogP contribution in [-0.2, 0) is 0 Å². The number of nitrogens with zero attached hydrogens (tertiary/aromatic N) is 2. The summed E-state index contributed by atoms with van der Waals surface area (Å²) in [6, 6.07) is 9.46. The van der Waals surface area contributed by atoms with Gasteiger partial charge < -0.3 is 19.8 Å². The lowest BCUT2D eigenvalue weighted by atomic mass is 9.96. The molecule has 11 heteroatoms. The average Bonchev–Trinajstić information content (AvgIpc) is 2.92. The van der Waals surface area contributed by atoms with Crippen molar-refractivity contribution in [1.29, 1.82) is 0 Å². The van der Waals surface area contributed by atoms with Gasteiger partial charge in [0.1, 0.15) is 28.4 Å². The Bertz CT molecular complexity index is 1910. The highest BCUT2D eigenvalue weighted by atomic mass is 35.5. The number of carbonyl (C=O) groups excluding carboxylic acids is 1. The summed E-state index contributed by atoms with van der Waals surface area (Å²) < 4.78 is 39.9. The number of nitrogens with one attached hydrogen (secondary N) is 2. The molecule has 2 aromatic carbocycles. The van der Waals surface area contributed by atoms with Gasteiger partial charge in [-0.3, -0.25) is 14.6 Å². The molecule has 2 N–H and O–H groups in total. The Morgan fingerprint density at radius 1 is 1.00 bits per heavy atom. The predicted octanol–water partition coefficient (Wildman–Crippen LogP) is 6.90. The number of hydrogen-bond donors (Lipinski definition) is 2.